The Labute approximate surface area is 98.2 Å². The topological polar surface area (TPSA) is 74.7 Å². The summed E-state index contributed by atoms with van der Waals surface area (Å²) in [5, 5.41) is 9.26. The van der Waals surface area contributed by atoms with Crippen LogP contribution in [0.1, 0.15) is 26.7 Å². The smallest absolute Gasteiger partial charge is 0.340 e. The van der Waals surface area contributed by atoms with Gasteiger partial charge in [-0.1, -0.05) is 6.92 Å². The largest absolute Gasteiger partial charge is 0.479 e. The van der Waals surface area contributed by atoms with Crippen LogP contribution in [-0.2, 0) is 14.4 Å². The number of carbonyl (C=O) groups excluding carboxylic acids is 2. The van der Waals surface area contributed by atoms with Gasteiger partial charge in [-0.25, -0.2) is 4.79 Å². The Kier molecular flexibility index (Phi) is 3.96. The molecule has 1 rings (SSSR count). The van der Waals surface area contributed by atoms with E-state index in [0.29, 0.717) is 18.7 Å². The van der Waals surface area contributed by atoms with Crippen LogP contribution in [0.3, 0.4) is 0 Å². The molecule has 0 saturated carbocycles. The van der Waals surface area contributed by atoms with E-state index in [1.807, 2.05) is 0 Å². The van der Waals surface area contributed by atoms with E-state index < -0.39 is 10.8 Å². The molecule has 6 heteroatoms. The fourth-order valence-corrected chi connectivity index (χ4v) is 3.14. The van der Waals surface area contributed by atoms with E-state index in [4.69, 9.17) is 0 Å². The van der Waals surface area contributed by atoms with Crippen LogP contribution in [0.4, 0.5) is 0 Å². The number of rotatable bonds is 4. The molecule has 1 aliphatic rings. The maximum Gasteiger partial charge on any atom is 0.340 e. The molecule has 1 saturated heterocycles. The summed E-state index contributed by atoms with van der Waals surface area (Å²) in [4.78, 5) is 34.0. The molecule has 1 N–H and O–H groups in total. The number of thioether (sulfide) groups is 1. The van der Waals surface area contributed by atoms with Crippen LogP contribution in [0.5, 0.6) is 0 Å². The molecule has 0 bridgehead atoms. The Hall–Kier alpha value is -1.04. The van der Waals surface area contributed by atoms with E-state index in [0.717, 1.165) is 11.8 Å². The van der Waals surface area contributed by atoms with E-state index in [1.54, 1.807) is 6.92 Å². The Bertz CT molecular complexity index is 331. The number of hydrogen-bond donors (Lipinski definition) is 1. The lowest BCUT2D eigenvalue weighted by Crippen LogP contribution is -2.51. The predicted molar refractivity (Wildman–Crippen MR) is 60.1 cm³/mol. The van der Waals surface area contributed by atoms with Crippen molar-refractivity contribution in [3.05, 3.63) is 0 Å². The monoisotopic (exact) mass is 245 g/mol. The van der Waals surface area contributed by atoms with Gasteiger partial charge < -0.3 is 10.0 Å². The van der Waals surface area contributed by atoms with Crippen molar-refractivity contribution in [2.45, 2.75) is 31.6 Å². The molecule has 5 nitrogen and oxygen atoms in total. The molecule has 16 heavy (non-hydrogen) atoms. The van der Waals surface area contributed by atoms with Crippen LogP contribution in [-0.4, -0.2) is 44.8 Å². The molecule has 0 spiro atoms. The average Bonchev–Trinajstić information content (AvgIpc) is 2.62. The Balaban J connectivity index is 3.00. The standard InChI is InChI=1S/C10H15NO4S/c1-3-8(13)6-10(9(14)15)11(7(2)12)4-5-16-10/h3-6H2,1-2H3,(H,14,15). The van der Waals surface area contributed by atoms with Crippen LogP contribution in [0.15, 0.2) is 0 Å². The molecule has 1 unspecified atom stereocenters. The number of carboxylic acids is 1. The molecule has 0 radical (unpaired) electrons. The minimum Gasteiger partial charge on any atom is -0.479 e. The molecule has 0 aromatic heterocycles. The molecule has 1 fully saturated rings. The first-order valence-corrected chi connectivity index (χ1v) is 6.10. The minimum absolute atomic E-state index is 0.108. The first kappa shape index (κ1) is 13.0. The molecule has 0 aliphatic carbocycles. The maximum atomic E-state index is 11.4. The maximum absolute atomic E-state index is 11.4. The predicted octanol–water partition coefficient (Wildman–Crippen LogP) is 0.732. The van der Waals surface area contributed by atoms with Crippen molar-refractivity contribution in [3.63, 3.8) is 0 Å². The van der Waals surface area contributed by atoms with Gasteiger partial charge >= 0.3 is 5.97 Å². The van der Waals surface area contributed by atoms with E-state index >= 15 is 0 Å². The Morgan fingerprint density at radius 3 is 2.50 bits per heavy atom. The number of hydrogen-bond acceptors (Lipinski definition) is 4. The highest BCUT2D eigenvalue weighted by Crippen LogP contribution is 2.39. The number of nitrogens with zero attached hydrogens (tertiary/aromatic N) is 1. The van der Waals surface area contributed by atoms with Crippen LogP contribution in [0, 0.1) is 0 Å². The molecule has 1 amide bonds. The second-order valence-corrected chi connectivity index (χ2v) is 5.05. The van der Waals surface area contributed by atoms with Gasteiger partial charge in [0.15, 0.2) is 4.87 Å². The van der Waals surface area contributed by atoms with Crippen molar-refractivity contribution in [1.29, 1.82) is 0 Å². The first-order chi connectivity index (χ1) is 7.44. The minimum atomic E-state index is -1.38. The molecule has 1 aliphatic heterocycles. The van der Waals surface area contributed by atoms with Gasteiger partial charge in [-0.15, -0.1) is 11.8 Å². The summed E-state index contributed by atoms with van der Waals surface area (Å²) in [7, 11) is 0. The molecule has 0 aromatic carbocycles. The van der Waals surface area contributed by atoms with Crippen LogP contribution < -0.4 is 0 Å². The zero-order chi connectivity index (χ0) is 12.3. The number of ketones is 1. The first-order valence-electron chi connectivity index (χ1n) is 5.11. The van der Waals surface area contributed by atoms with Crippen LogP contribution in [0.2, 0.25) is 0 Å². The quantitative estimate of drug-likeness (QED) is 0.790. The van der Waals surface area contributed by atoms with Crippen molar-refractivity contribution in [3.8, 4) is 0 Å². The number of carbonyl (C=O) groups is 3. The van der Waals surface area contributed by atoms with Gasteiger partial charge in [-0.05, 0) is 0 Å². The van der Waals surface area contributed by atoms with Gasteiger partial charge in [0, 0.05) is 25.6 Å². The fraction of sp³-hybridized carbons (Fsp3) is 0.700. The van der Waals surface area contributed by atoms with Crippen LogP contribution >= 0.6 is 11.8 Å². The lowest BCUT2D eigenvalue weighted by atomic mass is 10.1. The van der Waals surface area contributed by atoms with E-state index in [2.05, 4.69) is 0 Å². The van der Waals surface area contributed by atoms with Crippen molar-refractivity contribution in [2.75, 3.05) is 12.3 Å². The molecule has 1 atom stereocenters. The highest BCUT2D eigenvalue weighted by Gasteiger charge is 2.51. The number of amides is 1. The average molecular weight is 245 g/mol. The van der Waals surface area contributed by atoms with Gasteiger partial charge in [0.05, 0.1) is 6.42 Å². The van der Waals surface area contributed by atoms with Crippen molar-refractivity contribution in [2.24, 2.45) is 0 Å². The van der Waals surface area contributed by atoms with Gasteiger partial charge in [0.1, 0.15) is 5.78 Å². The highest BCUT2D eigenvalue weighted by molar-refractivity contribution is 8.01. The van der Waals surface area contributed by atoms with Gasteiger partial charge in [0.25, 0.3) is 0 Å². The lowest BCUT2D eigenvalue weighted by molar-refractivity contribution is -0.152. The zero-order valence-corrected chi connectivity index (χ0v) is 10.2. The summed E-state index contributed by atoms with van der Waals surface area (Å²) in [6.45, 7) is 3.42. The summed E-state index contributed by atoms with van der Waals surface area (Å²) in [5.41, 5.74) is 0. The van der Waals surface area contributed by atoms with E-state index in [1.165, 1.54) is 11.8 Å². The Morgan fingerprint density at radius 1 is 1.44 bits per heavy atom. The third-order valence-electron chi connectivity index (χ3n) is 2.64. The molecule has 90 valence electrons. The summed E-state index contributed by atoms with van der Waals surface area (Å²) < 4.78 is 0. The normalized spacial score (nSPS) is 24.5. The van der Waals surface area contributed by atoms with Gasteiger partial charge in [-0.3, -0.25) is 9.59 Å². The number of aliphatic carboxylic acids is 1. The van der Waals surface area contributed by atoms with E-state index in [9.17, 15) is 19.5 Å². The van der Waals surface area contributed by atoms with Gasteiger partial charge in [-0.2, -0.15) is 0 Å². The number of carboxylic acid groups (broad SMARTS) is 1. The molecular formula is C10H15NO4S. The van der Waals surface area contributed by atoms with Crippen molar-refractivity contribution in [1.82, 2.24) is 4.90 Å². The summed E-state index contributed by atoms with van der Waals surface area (Å²) in [5.74, 6) is -0.977. The fourth-order valence-electron chi connectivity index (χ4n) is 1.77. The number of Topliss-reactive ketones (excluding diaryl/α,β-unsaturated/α-hetero) is 1. The summed E-state index contributed by atoms with van der Waals surface area (Å²) in [6, 6.07) is 0. The summed E-state index contributed by atoms with van der Waals surface area (Å²) in [6.07, 6.45) is 0.185. The van der Waals surface area contributed by atoms with Crippen molar-refractivity contribution < 1.29 is 19.5 Å². The van der Waals surface area contributed by atoms with Gasteiger partial charge in [0.2, 0.25) is 5.91 Å². The molecule has 1 heterocycles. The van der Waals surface area contributed by atoms with Crippen molar-refractivity contribution >= 4 is 29.4 Å². The molecular weight excluding hydrogens is 230 g/mol. The summed E-state index contributed by atoms with van der Waals surface area (Å²) >= 11 is 1.16. The Morgan fingerprint density at radius 2 is 2.06 bits per heavy atom. The second-order valence-electron chi connectivity index (χ2n) is 3.68. The third-order valence-corrected chi connectivity index (χ3v) is 4.04. The van der Waals surface area contributed by atoms with Crippen LogP contribution in [0.25, 0.3) is 0 Å². The highest BCUT2D eigenvalue weighted by atomic mass is 32.2. The molecule has 0 aromatic rings. The lowest BCUT2D eigenvalue weighted by Gasteiger charge is -2.32. The van der Waals surface area contributed by atoms with E-state index in [-0.39, 0.29) is 18.1 Å². The third kappa shape index (κ3) is 2.21. The zero-order valence-electron chi connectivity index (χ0n) is 9.36. The second kappa shape index (κ2) is 4.86. The SMILES string of the molecule is CCC(=O)CC1(C(=O)O)SCCN1C(C)=O.